The van der Waals surface area contributed by atoms with E-state index in [-0.39, 0.29) is 18.2 Å². The van der Waals surface area contributed by atoms with Crippen LogP contribution in [0.2, 0.25) is 0 Å². The predicted molar refractivity (Wildman–Crippen MR) is 94.1 cm³/mol. The van der Waals surface area contributed by atoms with Crippen LogP contribution in [-0.2, 0) is 13.0 Å². The van der Waals surface area contributed by atoms with Crippen LogP contribution in [0.15, 0.2) is 47.6 Å². The van der Waals surface area contributed by atoms with Crippen molar-refractivity contribution in [2.75, 3.05) is 20.2 Å². The van der Waals surface area contributed by atoms with Crippen LogP contribution in [0.3, 0.4) is 0 Å². The van der Waals surface area contributed by atoms with Crippen molar-refractivity contribution in [1.29, 1.82) is 0 Å². The third-order valence-corrected chi connectivity index (χ3v) is 3.49. The summed E-state index contributed by atoms with van der Waals surface area (Å²) >= 11 is 0. The summed E-state index contributed by atoms with van der Waals surface area (Å²) in [7, 11) is 1.57. The highest BCUT2D eigenvalue weighted by atomic mass is 19.4. The molecule has 0 aliphatic rings. The highest BCUT2D eigenvalue weighted by Crippen LogP contribution is 2.19. The number of alkyl halides is 3. The van der Waals surface area contributed by atoms with E-state index >= 15 is 0 Å². The molecule has 2 rings (SSSR count). The molecule has 1 aromatic heterocycles. The highest BCUT2D eigenvalue weighted by Gasteiger charge is 2.29. The Kier molecular flexibility index (Phi) is 7.39. The van der Waals surface area contributed by atoms with Gasteiger partial charge in [-0.1, -0.05) is 18.2 Å². The maximum absolute atomic E-state index is 13.2. The lowest BCUT2D eigenvalue weighted by Crippen LogP contribution is -2.38. The number of hydrogen-bond donors (Lipinski definition) is 2. The number of nitrogens with one attached hydrogen (secondary N) is 2. The summed E-state index contributed by atoms with van der Waals surface area (Å²) in [5.41, 5.74) is 1.31. The number of rotatable bonds is 7. The van der Waals surface area contributed by atoms with Crippen molar-refractivity contribution in [3.05, 3.63) is 59.5 Å². The van der Waals surface area contributed by atoms with Gasteiger partial charge in [0.25, 0.3) is 0 Å². The number of guanidine groups is 1. The zero-order valence-electron chi connectivity index (χ0n) is 14.7. The average molecular weight is 384 g/mol. The molecule has 0 saturated carbocycles. The van der Waals surface area contributed by atoms with E-state index in [1.165, 1.54) is 18.3 Å². The normalized spacial score (nSPS) is 12.0. The summed E-state index contributed by atoms with van der Waals surface area (Å²) < 4.78 is 54.9. The molecule has 0 spiro atoms. The van der Waals surface area contributed by atoms with Crippen molar-refractivity contribution in [3.8, 4) is 5.88 Å². The molecule has 27 heavy (non-hydrogen) atoms. The lowest BCUT2D eigenvalue weighted by atomic mass is 10.1. The summed E-state index contributed by atoms with van der Waals surface area (Å²) in [5, 5.41) is 6.04. The van der Waals surface area contributed by atoms with Gasteiger partial charge in [-0.2, -0.15) is 13.2 Å². The second kappa shape index (κ2) is 9.75. The van der Waals surface area contributed by atoms with Crippen molar-refractivity contribution in [3.63, 3.8) is 0 Å². The molecule has 5 nitrogen and oxygen atoms in total. The number of aromatic nitrogens is 1. The molecule has 0 saturated heterocycles. The molecule has 0 fully saturated rings. The first kappa shape index (κ1) is 20.5. The van der Waals surface area contributed by atoms with Gasteiger partial charge in [0, 0.05) is 31.9 Å². The minimum atomic E-state index is -4.43. The van der Waals surface area contributed by atoms with Gasteiger partial charge in [0.15, 0.2) is 12.6 Å². The molecule has 0 aliphatic carbocycles. The Morgan fingerprint density at radius 2 is 2.00 bits per heavy atom. The lowest BCUT2D eigenvalue weighted by molar-refractivity contribution is -0.154. The van der Waals surface area contributed by atoms with E-state index in [1.807, 2.05) is 6.07 Å². The fraction of sp³-hybridized carbons (Fsp3) is 0.333. The molecule has 0 atom stereocenters. The molecule has 0 amide bonds. The summed E-state index contributed by atoms with van der Waals surface area (Å²) in [5.74, 6) is 0.0764. The Hall–Kier alpha value is -2.84. The van der Waals surface area contributed by atoms with E-state index in [1.54, 1.807) is 25.2 Å². The number of benzene rings is 1. The number of nitrogens with zero attached hydrogens (tertiary/aromatic N) is 2. The fourth-order valence-corrected chi connectivity index (χ4v) is 2.26. The maximum Gasteiger partial charge on any atom is 0.422 e. The Labute approximate surface area is 154 Å². The van der Waals surface area contributed by atoms with Gasteiger partial charge in [0.1, 0.15) is 5.82 Å². The lowest BCUT2D eigenvalue weighted by Gasteiger charge is -2.14. The zero-order valence-corrected chi connectivity index (χ0v) is 14.7. The van der Waals surface area contributed by atoms with Crippen LogP contribution in [0.1, 0.15) is 11.1 Å². The van der Waals surface area contributed by atoms with Crippen LogP contribution in [0.4, 0.5) is 17.6 Å². The molecule has 0 aliphatic heterocycles. The van der Waals surface area contributed by atoms with Gasteiger partial charge in [-0.15, -0.1) is 0 Å². The third-order valence-electron chi connectivity index (χ3n) is 3.49. The molecule has 2 N–H and O–H groups in total. The minimum Gasteiger partial charge on any atom is -0.468 e. The molecule has 0 unspecified atom stereocenters. The highest BCUT2D eigenvalue weighted by molar-refractivity contribution is 5.79. The number of aliphatic imine (C=N–C) groups is 1. The quantitative estimate of drug-likeness (QED) is 0.438. The molecule has 146 valence electrons. The number of hydrogen-bond acceptors (Lipinski definition) is 3. The maximum atomic E-state index is 13.2. The van der Waals surface area contributed by atoms with E-state index in [0.29, 0.717) is 24.5 Å². The first-order chi connectivity index (χ1) is 12.9. The zero-order chi connectivity index (χ0) is 19.7. The smallest absolute Gasteiger partial charge is 0.422 e. The Balaban J connectivity index is 1.85. The van der Waals surface area contributed by atoms with E-state index < -0.39 is 12.8 Å². The summed E-state index contributed by atoms with van der Waals surface area (Å²) in [6.07, 6.45) is -2.48. The molecule has 0 radical (unpaired) electrons. The molecular weight excluding hydrogens is 364 g/mol. The van der Waals surface area contributed by atoms with E-state index in [0.717, 1.165) is 5.56 Å². The van der Waals surface area contributed by atoms with Gasteiger partial charge in [-0.05, 0) is 30.2 Å². The Morgan fingerprint density at radius 3 is 2.70 bits per heavy atom. The van der Waals surface area contributed by atoms with Crippen LogP contribution in [0, 0.1) is 5.82 Å². The number of ether oxygens (including phenoxy) is 1. The van der Waals surface area contributed by atoms with E-state index in [2.05, 4.69) is 20.6 Å². The number of halogens is 4. The summed E-state index contributed by atoms with van der Waals surface area (Å²) in [6.45, 7) is -0.716. The molecule has 1 heterocycles. The Bertz CT molecular complexity index is 765. The van der Waals surface area contributed by atoms with E-state index in [9.17, 15) is 17.6 Å². The predicted octanol–water partition coefficient (Wildman–Crippen LogP) is 3.07. The van der Waals surface area contributed by atoms with Crippen molar-refractivity contribution in [2.24, 2.45) is 4.99 Å². The standard InChI is InChI=1S/C18H20F4N4O/c1-23-17(25-9-7-13-4-2-6-15(19)10-13)26-11-14-5-3-8-24-16(14)27-12-18(20,21)22/h2-6,8,10H,7,9,11-12H2,1H3,(H2,23,25,26). The first-order valence-electron chi connectivity index (χ1n) is 8.20. The molecule has 0 bridgehead atoms. The van der Waals surface area contributed by atoms with Crippen LogP contribution in [0.25, 0.3) is 0 Å². The molecule has 1 aromatic carbocycles. The van der Waals surface area contributed by atoms with Crippen molar-refractivity contribution >= 4 is 5.96 Å². The topological polar surface area (TPSA) is 58.5 Å². The minimum absolute atomic E-state index is 0.0856. The van der Waals surface area contributed by atoms with Crippen molar-refractivity contribution < 1.29 is 22.3 Å². The van der Waals surface area contributed by atoms with Gasteiger partial charge in [-0.25, -0.2) is 9.37 Å². The van der Waals surface area contributed by atoms with Gasteiger partial charge in [-0.3, -0.25) is 4.99 Å². The van der Waals surface area contributed by atoms with Gasteiger partial charge < -0.3 is 15.4 Å². The van der Waals surface area contributed by atoms with Crippen molar-refractivity contribution in [2.45, 2.75) is 19.1 Å². The van der Waals surface area contributed by atoms with Crippen LogP contribution < -0.4 is 15.4 Å². The van der Waals surface area contributed by atoms with Crippen LogP contribution >= 0.6 is 0 Å². The van der Waals surface area contributed by atoms with Crippen molar-refractivity contribution in [1.82, 2.24) is 15.6 Å². The molecular formula is C18H20F4N4O. The summed E-state index contributed by atoms with van der Waals surface area (Å²) in [6, 6.07) is 9.52. The SMILES string of the molecule is CN=C(NCCc1cccc(F)c1)NCc1cccnc1OCC(F)(F)F. The van der Waals surface area contributed by atoms with Crippen LogP contribution in [0.5, 0.6) is 5.88 Å². The monoisotopic (exact) mass is 384 g/mol. The first-order valence-corrected chi connectivity index (χ1v) is 8.20. The second-order valence-corrected chi connectivity index (χ2v) is 5.60. The average Bonchev–Trinajstić information content (AvgIpc) is 2.63. The second-order valence-electron chi connectivity index (χ2n) is 5.60. The fourth-order valence-electron chi connectivity index (χ4n) is 2.26. The third kappa shape index (κ3) is 7.51. The van der Waals surface area contributed by atoms with Crippen LogP contribution in [-0.4, -0.2) is 37.3 Å². The van der Waals surface area contributed by atoms with Gasteiger partial charge in [0.05, 0.1) is 0 Å². The van der Waals surface area contributed by atoms with E-state index in [4.69, 9.17) is 4.74 Å². The number of pyridine rings is 1. The Morgan fingerprint density at radius 1 is 1.19 bits per heavy atom. The van der Waals surface area contributed by atoms with Gasteiger partial charge in [0.2, 0.25) is 5.88 Å². The van der Waals surface area contributed by atoms with Gasteiger partial charge >= 0.3 is 6.18 Å². The summed E-state index contributed by atoms with van der Waals surface area (Å²) in [4.78, 5) is 7.88. The largest absolute Gasteiger partial charge is 0.468 e. The molecule has 9 heteroatoms. The molecule has 2 aromatic rings.